The van der Waals surface area contributed by atoms with E-state index in [4.69, 9.17) is 4.98 Å². The van der Waals surface area contributed by atoms with Gasteiger partial charge in [0.05, 0.1) is 11.0 Å². The van der Waals surface area contributed by atoms with Crippen molar-refractivity contribution < 1.29 is 0 Å². The number of hydrogen-bond donors (Lipinski definition) is 1. The number of rotatable bonds is 4. The van der Waals surface area contributed by atoms with E-state index < -0.39 is 0 Å². The second-order valence-electron chi connectivity index (χ2n) is 7.93. The Balaban J connectivity index is 1.51. The van der Waals surface area contributed by atoms with Gasteiger partial charge in [-0.1, -0.05) is 0 Å². The number of thiophene rings is 2. The van der Waals surface area contributed by atoms with Crippen LogP contribution in [0.15, 0.2) is 41.2 Å². The van der Waals surface area contributed by atoms with Gasteiger partial charge >= 0.3 is 0 Å². The Morgan fingerprint density at radius 1 is 1.28 bits per heavy atom. The lowest BCUT2D eigenvalue weighted by Gasteiger charge is -2.41. The molecule has 0 aromatic carbocycles. The number of nitrogens with one attached hydrogen (secondary N) is 1. The van der Waals surface area contributed by atoms with Gasteiger partial charge in [0.2, 0.25) is 0 Å². The molecule has 5 rings (SSSR count). The Hall–Kier alpha value is -2.15. The summed E-state index contributed by atoms with van der Waals surface area (Å²) < 4.78 is 0. The molecule has 0 bridgehead atoms. The first-order valence-electron chi connectivity index (χ1n) is 10.2. The summed E-state index contributed by atoms with van der Waals surface area (Å²) in [5.41, 5.74) is 4.04. The minimum absolute atomic E-state index is 0.548. The SMILES string of the molecule is Cc1cc2c(s1)NC=c1cccnc1=C2N1CCN(C)C(CCc2ccsc2)C1. The van der Waals surface area contributed by atoms with Crippen LogP contribution >= 0.6 is 22.7 Å². The van der Waals surface area contributed by atoms with E-state index in [1.54, 1.807) is 11.3 Å². The molecule has 1 saturated heterocycles. The molecule has 0 radical (unpaired) electrons. The van der Waals surface area contributed by atoms with Gasteiger partial charge in [0, 0.05) is 53.7 Å². The second kappa shape index (κ2) is 7.94. The molecular weight excluding hydrogens is 396 g/mol. The molecule has 29 heavy (non-hydrogen) atoms. The van der Waals surface area contributed by atoms with E-state index in [1.807, 2.05) is 23.6 Å². The molecule has 1 unspecified atom stereocenters. The summed E-state index contributed by atoms with van der Waals surface area (Å²) in [4.78, 5) is 11.3. The molecule has 2 aliphatic heterocycles. The third-order valence-electron chi connectivity index (χ3n) is 5.97. The van der Waals surface area contributed by atoms with Crippen molar-refractivity contribution in [2.24, 2.45) is 0 Å². The van der Waals surface area contributed by atoms with Crippen molar-refractivity contribution in [2.45, 2.75) is 25.8 Å². The molecule has 1 N–H and O–H groups in total. The summed E-state index contributed by atoms with van der Waals surface area (Å²) >= 11 is 3.62. The number of pyridine rings is 1. The van der Waals surface area contributed by atoms with Gasteiger partial charge in [0.1, 0.15) is 5.00 Å². The average Bonchev–Trinajstić information content (AvgIpc) is 3.34. The largest absolute Gasteiger partial charge is 0.366 e. The lowest BCUT2D eigenvalue weighted by atomic mass is 10.0. The van der Waals surface area contributed by atoms with E-state index >= 15 is 0 Å². The highest BCUT2D eigenvalue weighted by Crippen LogP contribution is 2.35. The van der Waals surface area contributed by atoms with Crippen LogP contribution in [-0.2, 0) is 6.42 Å². The van der Waals surface area contributed by atoms with Crippen molar-refractivity contribution in [2.75, 3.05) is 32.0 Å². The fourth-order valence-corrected chi connectivity index (χ4v) is 5.93. The first-order valence-corrected chi connectivity index (χ1v) is 11.9. The molecular formula is C23H26N4S2. The molecule has 3 aromatic heterocycles. The summed E-state index contributed by atoms with van der Waals surface area (Å²) in [5.74, 6) is 0. The van der Waals surface area contributed by atoms with E-state index in [0.29, 0.717) is 6.04 Å². The summed E-state index contributed by atoms with van der Waals surface area (Å²) in [6.07, 6.45) is 6.36. The molecule has 4 nitrogen and oxygen atoms in total. The Labute approximate surface area is 179 Å². The molecule has 0 spiro atoms. The zero-order chi connectivity index (χ0) is 19.8. The monoisotopic (exact) mass is 422 g/mol. The van der Waals surface area contributed by atoms with Crippen molar-refractivity contribution in [1.82, 2.24) is 14.8 Å². The van der Waals surface area contributed by atoms with Crippen LogP contribution in [0.3, 0.4) is 0 Å². The van der Waals surface area contributed by atoms with Gasteiger partial charge in [-0.3, -0.25) is 9.88 Å². The first-order chi connectivity index (χ1) is 14.2. The summed E-state index contributed by atoms with van der Waals surface area (Å²) in [5, 5.41) is 11.5. The maximum atomic E-state index is 4.82. The third-order valence-corrected chi connectivity index (χ3v) is 7.69. The molecule has 3 aromatic rings. The van der Waals surface area contributed by atoms with Crippen LogP contribution in [0.2, 0.25) is 0 Å². The van der Waals surface area contributed by atoms with Crippen LogP contribution < -0.4 is 15.9 Å². The Kier molecular flexibility index (Phi) is 5.16. The van der Waals surface area contributed by atoms with Crippen LogP contribution in [0.25, 0.3) is 11.9 Å². The number of anilines is 1. The molecule has 0 saturated carbocycles. The third kappa shape index (κ3) is 3.72. The normalized spacial score (nSPS) is 19.2. The van der Waals surface area contributed by atoms with Gasteiger partial charge in [-0.15, -0.1) is 11.3 Å². The predicted octanol–water partition coefficient (Wildman–Crippen LogP) is 3.08. The average molecular weight is 423 g/mol. The maximum absolute atomic E-state index is 4.82. The van der Waals surface area contributed by atoms with E-state index in [-0.39, 0.29) is 0 Å². The summed E-state index contributed by atoms with van der Waals surface area (Å²) in [6, 6.07) is 9.30. The number of nitrogens with zero attached hydrogens (tertiary/aromatic N) is 3. The smallest absolute Gasteiger partial charge is 0.102 e. The van der Waals surface area contributed by atoms with E-state index in [1.165, 1.54) is 33.1 Å². The molecule has 0 aliphatic carbocycles. The van der Waals surface area contributed by atoms with Gasteiger partial charge in [-0.05, 0) is 67.4 Å². The highest BCUT2D eigenvalue weighted by atomic mass is 32.1. The van der Waals surface area contributed by atoms with Crippen LogP contribution in [0.5, 0.6) is 0 Å². The quantitative estimate of drug-likeness (QED) is 0.700. The van der Waals surface area contributed by atoms with E-state index in [0.717, 1.165) is 36.6 Å². The van der Waals surface area contributed by atoms with E-state index in [2.05, 4.69) is 64.2 Å². The first kappa shape index (κ1) is 18.9. The van der Waals surface area contributed by atoms with Crippen molar-refractivity contribution in [3.63, 3.8) is 0 Å². The molecule has 1 fully saturated rings. The van der Waals surface area contributed by atoms with Gasteiger partial charge < -0.3 is 10.2 Å². The Morgan fingerprint density at radius 3 is 3.07 bits per heavy atom. The molecule has 0 amide bonds. The minimum atomic E-state index is 0.548. The van der Waals surface area contributed by atoms with Gasteiger partial charge in [-0.2, -0.15) is 11.3 Å². The number of aromatic nitrogens is 1. The van der Waals surface area contributed by atoms with Crippen LogP contribution in [0.1, 0.15) is 22.4 Å². The molecule has 150 valence electrons. The van der Waals surface area contributed by atoms with E-state index in [9.17, 15) is 0 Å². The molecule has 2 aliphatic rings. The van der Waals surface area contributed by atoms with Crippen LogP contribution in [0.4, 0.5) is 5.00 Å². The van der Waals surface area contributed by atoms with Crippen molar-refractivity contribution in [3.05, 3.63) is 67.8 Å². The number of likely N-dealkylation sites (N-methyl/N-ethyl adjacent to an activating group) is 1. The summed E-state index contributed by atoms with van der Waals surface area (Å²) in [6.45, 7) is 5.34. The standard InChI is InChI=1S/C23H26N4S2/c1-16-12-20-22(21-18(4-3-8-24-21)13-25-23(20)29-16)27-10-9-26(2)19(14-27)6-5-17-7-11-28-15-17/h3-4,7-8,11-13,15,19,25H,5-6,9-10,14H2,1-2H3. The number of hydrogen-bond acceptors (Lipinski definition) is 6. The molecule has 6 heteroatoms. The molecule has 5 heterocycles. The zero-order valence-electron chi connectivity index (χ0n) is 16.9. The second-order valence-corrected chi connectivity index (χ2v) is 9.97. The minimum Gasteiger partial charge on any atom is -0.366 e. The predicted molar refractivity (Wildman–Crippen MR) is 124 cm³/mol. The number of fused-ring (bicyclic) bond motifs is 2. The van der Waals surface area contributed by atoms with Crippen LogP contribution in [-0.4, -0.2) is 47.5 Å². The molecule has 1 atom stereocenters. The van der Waals surface area contributed by atoms with Gasteiger partial charge in [-0.25, -0.2) is 0 Å². The lowest BCUT2D eigenvalue weighted by molar-refractivity contribution is 0.128. The Bertz CT molecular complexity index is 1120. The topological polar surface area (TPSA) is 31.4 Å². The van der Waals surface area contributed by atoms with Gasteiger partial charge in [0.15, 0.2) is 0 Å². The fraction of sp³-hybridized carbons (Fsp3) is 0.348. The number of piperazine rings is 1. The fourth-order valence-electron chi connectivity index (χ4n) is 4.35. The van der Waals surface area contributed by atoms with Gasteiger partial charge in [0.25, 0.3) is 0 Å². The van der Waals surface area contributed by atoms with Crippen LogP contribution in [0, 0.1) is 6.92 Å². The van der Waals surface area contributed by atoms with Crippen molar-refractivity contribution in [1.29, 1.82) is 0 Å². The highest BCUT2D eigenvalue weighted by Gasteiger charge is 2.28. The van der Waals surface area contributed by atoms with Crippen molar-refractivity contribution >= 4 is 39.6 Å². The maximum Gasteiger partial charge on any atom is 0.102 e. The zero-order valence-corrected chi connectivity index (χ0v) is 18.5. The van der Waals surface area contributed by atoms with Crippen molar-refractivity contribution in [3.8, 4) is 0 Å². The Morgan fingerprint density at radius 2 is 2.21 bits per heavy atom. The lowest BCUT2D eigenvalue weighted by Crippen LogP contribution is -2.52. The summed E-state index contributed by atoms with van der Waals surface area (Å²) in [7, 11) is 2.27. The number of aryl methyl sites for hydroxylation is 2. The highest BCUT2D eigenvalue weighted by molar-refractivity contribution is 7.16.